The molecule has 2 N–H and O–H groups in total. The molecule has 0 aromatic carbocycles. The first-order valence-electron chi connectivity index (χ1n) is 9.61. The average Bonchev–Trinajstić information content (AvgIpc) is 2.97. The SMILES string of the molecule is CC(C)CN1C(=O)/C(=C/c2c(NCCOCCO)nc3ccccn3c2=O)SC1=S. The van der Waals surface area contributed by atoms with Gasteiger partial charge in [-0.05, 0) is 24.1 Å². The van der Waals surface area contributed by atoms with Gasteiger partial charge >= 0.3 is 0 Å². The zero-order chi connectivity index (χ0) is 21.7. The summed E-state index contributed by atoms with van der Waals surface area (Å²) in [6.07, 6.45) is 3.20. The van der Waals surface area contributed by atoms with Gasteiger partial charge in [0.15, 0.2) is 0 Å². The van der Waals surface area contributed by atoms with Crippen molar-refractivity contribution in [2.24, 2.45) is 5.92 Å². The largest absolute Gasteiger partial charge is 0.394 e. The van der Waals surface area contributed by atoms with E-state index < -0.39 is 0 Å². The molecule has 160 valence electrons. The Morgan fingerprint density at radius 3 is 2.87 bits per heavy atom. The number of thioether (sulfide) groups is 1. The predicted octanol–water partition coefficient (Wildman–Crippen LogP) is 1.97. The van der Waals surface area contributed by atoms with E-state index in [2.05, 4.69) is 10.3 Å². The molecule has 0 aliphatic carbocycles. The van der Waals surface area contributed by atoms with Crippen LogP contribution in [0.25, 0.3) is 11.7 Å². The number of hydrogen-bond donors (Lipinski definition) is 2. The van der Waals surface area contributed by atoms with Crippen LogP contribution in [0, 0.1) is 5.92 Å². The van der Waals surface area contributed by atoms with Crippen LogP contribution in [0.4, 0.5) is 5.82 Å². The second-order valence-electron chi connectivity index (χ2n) is 7.06. The number of thiocarbonyl (C=S) groups is 1. The Hall–Kier alpha value is -2.27. The van der Waals surface area contributed by atoms with Crippen LogP contribution in [0.2, 0.25) is 0 Å². The lowest BCUT2D eigenvalue weighted by atomic mass is 10.2. The molecular weight excluding hydrogens is 424 g/mol. The monoisotopic (exact) mass is 448 g/mol. The molecular formula is C20H24N4O4S2. The highest BCUT2D eigenvalue weighted by molar-refractivity contribution is 8.26. The molecule has 2 aromatic heterocycles. The topological polar surface area (TPSA) is 96.2 Å². The number of pyridine rings is 1. The molecule has 1 saturated heterocycles. The maximum atomic E-state index is 13.1. The van der Waals surface area contributed by atoms with Gasteiger partial charge in [0.1, 0.15) is 15.8 Å². The second kappa shape index (κ2) is 10.2. The molecule has 1 aliphatic rings. The van der Waals surface area contributed by atoms with Gasteiger partial charge in [-0.2, -0.15) is 0 Å². The van der Waals surface area contributed by atoms with Crippen LogP contribution in [0.3, 0.4) is 0 Å². The maximum absolute atomic E-state index is 13.1. The van der Waals surface area contributed by atoms with E-state index in [0.717, 1.165) is 0 Å². The van der Waals surface area contributed by atoms with E-state index in [-0.39, 0.29) is 36.2 Å². The van der Waals surface area contributed by atoms with Crippen molar-refractivity contribution in [2.45, 2.75) is 13.8 Å². The third kappa shape index (κ3) is 5.07. The number of nitrogens with one attached hydrogen (secondary N) is 1. The normalized spacial score (nSPS) is 15.7. The minimum Gasteiger partial charge on any atom is -0.394 e. The number of carbonyl (C=O) groups excluding carboxylic acids is 1. The first-order chi connectivity index (χ1) is 14.4. The van der Waals surface area contributed by atoms with Gasteiger partial charge in [0.2, 0.25) is 0 Å². The molecule has 0 saturated carbocycles. The number of ether oxygens (including phenoxy) is 1. The Morgan fingerprint density at radius 2 is 2.13 bits per heavy atom. The number of amides is 1. The molecule has 0 unspecified atom stereocenters. The van der Waals surface area contributed by atoms with Crippen molar-refractivity contribution in [2.75, 3.05) is 38.2 Å². The smallest absolute Gasteiger partial charge is 0.267 e. The van der Waals surface area contributed by atoms with E-state index in [4.69, 9.17) is 22.1 Å². The summed E-state index contributed by atoms with van der Waals surface area (Å²) in [5.41, 5.74) is 0.491. The van der Waals surface area contributed by atoms with Gasteiger partial charge in [-0.25, -0.2) is 4.98 Å². The number of nitrogens with zero attached hydrogens (tertiary/aromatic N) is 3. The molecule has 0 atom stereocenters. The fourth-order valence-corrected chi connectivity index (χ4v) is 4.19. The highest BCUT2D eigenvalue weighted by Crippen LogP contribution is 2.33. The molecule has 3 rings (SSSR count). The lowest BCUT2D eigenvalue weighted by Gasteiger charge is -2.16. The minimum atomic E-state index is -0.284. The van der Waals surface area contributed by atoms with Crippen molar-refractivity contribution in [3.63, 3.8) is 0 Å². The van der Waals surface area contributed by atoms with Crippen LogP contribution in [-0.4, -0.2) is 62.5 Å². The van der Waals surface area contributed by atoms with E-state index in [9.17, 15) is 9.59 Å². The zero-order valence-corrected chi connectivity index (χ0v) is 18.5. The molecule has 3 heterocycles. The fourth-order valence-electron chi connectivity index (χ4n) is 2.93. The first kappa shape index (κ1) is 22.4. The summed E-state index contributed by atoms with van der Waals surface area (Å²) in [5.74, 6) is 0.442. The summed E-state index contributed by atoms with van der Waals surface area (Å²) < 4.78 is 7.18. The number of aliphatic hydroxyl groups is 1. The molecule has 0 radical (unpaired) electrons. The second-order valence-corrected chi connectivity index (χ2v) is 8.73. The Labute approximate surface area is 183 Å². The molecule has 0 spiro atoms. The third-order valence-corrected chi connectivity index (χ3v) is 5.62. The number of carbonyl (C=O) groups is 1. The van der Waals surface area contributed by atoms with Gasteiger partial charge in [-0.15, -0.1) is 0 Å². The van der Waals surface area contributed by atoms with Crippen LogP contribution in [-0.2, 0) is 9.53 Å². The Kier molecular flexibility index (Phi) is 7.59. The lowest BCUT2D eigenvalue weighted by molar-refractivity contribution is -0.122. The van der Waals surface area contributed by atoms with Gasteiger partial charge in [0.05, 0.1) is 30.3 Å². The molecule has 1 amide bonds. The lowest BCUT2D eigenvalue weighted by Crippen LogP contribution is -2.31. The van der Waals surface area contributed by atoms with Crippen LogP contribution in [0.15, 0.2) is 34.1 Å². The maximum Gasteiger partial charge on any atom is 0.267 e. The van der Waals surface area contributed by atoms with Crippen molar-refractivity contribution in [3.8, 4) is 0 Å². The van der Waals surface area contributed by atoms with Crippen molar-refractivity contribution < 1.29 is 14.6 Å². The Morgan fingerprint density at radius 1 is 1.33 bits per heavy atom. The van der Waals surface area contributed by atoms with Crippen LogP contribution >= 0.6 is 24.0 Å². The molecule has 1 fully saturated rings. The third-order valence-electron chi connectivity index (χ3n) is 4.24. The number of aromatic nitrogens is 2. The van der Waals surface area contributed by atoms with E-state index in [0.29, 0.717) is 40.4 Å². The summed E-state index contributed by atoms with van der Waals surface area (Å²) >= 11 is 6.55. The predicted molar refractivity (Wildman–Crippen MR) is 123 cm³/mol. The molecule has 1 aliphatic heterocycles. The summed E-state index contributed by atoms with van der Waals surface area (Å²) in [5, 5.41) is 11.9. The number of hydrogen-bond acceptors (Lipinski definition) is 8. The van der Waals surface area contributed by atoms with Crippen molar-refractivity contribution in [1.82, 2.24) is 14.3 Å². The highest BCUT2D eigenvalue weighted by Gasteiger charge is 2.32. The minimum absolute atomic E-state index is 0.0565. The molecule has 0 bridgehead atoms. The summed E-state index contributed by atoms with van der Waals surface area (Å²) in [6, 6.07) is 5.28. The van der Waals surface area contributed by atoms with Gasteiger partial charge in [0, 0.05) is 19.3 Å². The van der Waals surface area contributed by atoms with Gasteiger partial charge in [-0.3, -0.25) is 18.9 Å². The van der Waals surface area contributed by atoms with Crippen molar-refractivity contribution in [3.05, 3.63) is 45.2 Å². The van der Waals surface area contributed by atoms with E-state index in [1.165, 1.54) is 16.2 Å². The fraction of sp³-hybridized carbons (Fsp3) is 0.400. The van der Waals surface area contributed by atoms with Gasteiger partial charge < -0.3 is 15.2 Å². The van der Waals surface area contributed by atoms with Crippen molar-refractivity contribution >= 4 is 51.7 Å². The van der Waals surface area contributed by atoms with Crippen LogP contribution in [0.5, 0.6) is 0 Å². The molecule has 2 aromatic rings. The standard InChI is InChI=1S/C20H24N4O4S2/c1-13(2)12-24-19(27)15(30-20(24)29)11-14-17(21-6-9-28-10-8-25)22-16-5-3-4-7-23(16)18(14)26/h3-5,7,11,13,21,25H,6,8-10,12H2,1-2H3/b15-11-. The molecule has 8 nitrogen and oxygen atoms in total. The Balaban J connectivity index is 1.97. The molecule has 30 heavy (non-hydrogen) atoms. The summed E-state index contributed by atoms with van der Waals surface area (Å²) in [7, 11) is 0. The van der Waals surface area contributed by atoms with Gasteiger partial charge in [0.25, 0.3) is 11.5 Å². The average molecular weight is 449 g/mol. The number of fused-ring (bicyclic) bond motifs is 1. The molecule has 10 heteroatoms. The van der Waals surface area contributed by atoms with E-state index in [1.54, 1.807) is 35.4 Å². The zero-order valence-electron chi connectivity index (χ0n) is 16.8. The summed E-state index contributed by atoms with van der Waals surface area (Å²) in [6.45, 7) is 5.48. The Bertz CT molecular complexity index is 1040. The van der Waals surface area contributed by atoms with E-state index >= 15 is 0 Å². The first-order valence-corrected chi connectivity index (χ1v) is 10.8. The summed E-state index contributed by atoms with van der Waals surface area (Å²) in [4.78, 5) is 32.5. The van der Waals surface area contributed by atoms with Crippen LogP contribution in [0.1, 0.15) is 19.4 Å². The number of rotatable bonds is 9. The van der Waals surface area contributed by atoms with E-state index in [1.807, 2.05) is 13.8 Å². The van der Waals surface area contributed by atoms with Gasteiger partial charge in [-0.1, -0.05) is 43.9 Å². The number of aliphatic hydroxyl groups excluding tert-OH is 1. The quantitative estimate of drug-likeness (QED) is 0.342. The van der Waals surface area contributed by atoms with Crippen molar-refractivity contribution in [1.29, 1.82) is 0 Å². The van der Waals surface area contributed by atoms with Crippen LogP contribution < -0.4 is 10.9 Å². The number of anilines is 1. The highest BCUT2D eigenvalue weighted by atomic mass is 32.2.